The maximum Gasteiger partial charge on any atom is 0.141 e. The fraction of sp³-hybridized carbons (Fsp3) is 0.286. The van der Waals surface area contributed by atoms with E-state index in [0.717, 1.165) is 22.4 Å². The van der Waals surface area contributed by atoms with Gasteiger partial charge in [-0.05, 0) is 32.9 Å². The zero-order valence-corrected chi connectivity index (χ0v) is 10.8. The van der Waals surface area contributed by atoms with Crippen molar-refractivity contribution in [2.75, 3.05) is 0 Å². The largest absolute Gasteiger partial charge is 0.338 e. The number of aromatic nitrogens is 4. The standard InChI is InChI=1S/C14H16N4/c1-14(2,3)18-9-10(8-15-18)13-16-11-6-4-5-7-12(11)17-13/h4-9H,1-3H3,(H,16,17). The number of rotatable bonds is 1. The van der Waals surface area contributed by atoms with Gasteiger partial charge in [0.25, 0.3) is 0 Å². The highest BCUT2D eigenvalue weighted by Gasteiger charge is 2.15. The predicted octanol–water partition coefficient (Wildman–Crippen LogP) is 3.18. The van der Waals surface area contributed by atoms with Crippen LogP contribution in [-0.2, 0) is 5.54 Å². The predicted molar refractivity (Wildman–Crippen MR) is 72.3 cm³/mol. The monoisotopic (exact) mass is 240 g/mol. The summed E-state index contributed by atoms with van der Waals surface area (Å²) in [5.74, 6) is 0.867. The summed E-state index contributed by atoms with van der Waals surface area (Å²) in [4.78, 5) is 7.88. The quantitative estimate of drug-likeness (QED) is 0.710. The fourth-order valence-electron chi connectivity index (χ4n) is 1.90. The number of nitrogens with one attached hydrogen (secondary N) is 1. The molecule has 2 heterocycles. The molecule has 0 saturated heterocycles. The van der Waals surface area contributed by atoms with Gasteiger partial charge in [0.05, 0.1) is 28.3 Å². The Morgan fingerprint density at radius 1 is 1.17 bits per heavy atom. The molecule has 0 unspecified atom stereocenters. The summed E-state index contributed by atoms with van der Waals surface area (Å²) in [7, 11) is 0. The van der Waals surface area contributed by atoms with Crippen LogP contribution in [-0.4, -0.2) is 19.7 Å². The van der Waals surface area contributed by atoms with Gasteiger partial charge in [0.1, 0.15) is 5.82 Å². The molecule has 1 N–H and O–H groups in total. The molecule has 0 bridgehead atoms. The first kappa shape index (κ1) is 11.0. The third kappa shape index (κ3) is 1.79. The second-order valence-electron chi connectivity index (χ2n) is 5.45. The van der Waals surface area contributed by atoms with E-state index in [-0.39, 0.29) is 5.54 Å². The number of hydrogen-bond acceptors (Lipinski definition) is 2. The summed E-state index contributed by atoms with van der Waals surface area (Å²) in [6, 6.07) is 8.03. The molecule has 0 spiro atoms. The van der Waals surface area contributed by atoms with Crippen LogP contribution < -0.4 is 0 Å². The van der Waals surface area contributed by atoms with E-state index in [4.69, 9.17) is 0 Å². The molecule has 4 heteroatoms. The van der Waals surface area contributed by atoms with Gasteiger partial charge in [-0.1, -0.05) is 12.1 Å². The molecule has 4 nitrogen and oxygen atoms in total. The minimum absolute atomic E-state index is 0.00966. The molecule has 0 fully saturated rings. The van der Waals surface area contributed by atoms with E-state index < -0.39 is 0 Å². The third-order valence-corrected chi connectivity index (χ3v) is 2.93. The van der Waals surface area contributed by atoms with E-state index in [1.165, 1.54) is 0 Å². The minimum Gasteiger partial charge on any atom is -0.338 e. The van der Waals surface area contributed by atoms with Crippen molar-refractivity contribution in [3.8, 4) is 11.4 Å². The fourth-order valence-corrected chi connectivity index (χ4v) is 1.90. The number of hydrogen-bond donors (Lipinski definition) is 1. The summed E-state index contributed by atoms with van der Waals surface area (Å²) >= 11 is 0. The molecule has 1 aromatic carbocycles. The highest BCUT2D eigenvalue weighted by atomic mass is 15.3. The first-order chi connectivity index (χ1) is 8.54. The molecule has 3 aromatic rings. The molecule has 0 radical (unpaired) electrons. The van der Waals surface area contributed by atoms with E-state index in [0.29, 0.717) is 0 Å². The number of aromatic amines is 1. The van der Waals surface area contributed by atoms with Crippen LogP contribution in [0.2, 0.25) is 0 Å². The van der Waals surface area contributed by atoms with Crippen LogP contribution in [0.25, 0.3) is 22.4 Å². The first-order valence-electron chi connectivity index (χ1n) is 6.04. The number of nitrogens with zero attached hydrogens (tertiary/aromatic N) is 3. The maximum absolute atomic E-state index is 4.57. The minimum atomic E-state index is -0.00966. The van der Waals surface area contributed by atoms with Crippen LogP contribution >= 0.6 is 0 Å². The van der Waals surface area contributed by atoms with Crippen LogP contribution in [0.5, 0.6) is 0 Å². The van der Waals surface area contributed by atoms with Gasteiger partial charge in [-0.15, -0.1) is 0 Å². The molecule has 0 saturated carbocycles. The molecule has 0 aliphatic carbocycles. The van der Waals surface area contributed by atoms with Crippen LogP contribution in [0.4, 0.5) is 0 Å². The lowest BCUT2D eigenvalue weighted by Gasteiger charge is -2.18. The van der Waals surface area contributed by atoms with Crippen molar-refractivity contribution in [1.82, 2.24) is 19.7 Å². The highest BCUT2D eigenvalue weighted by Crippen LogP contribution is 2.22. The molecular formula is C14H16N4. The van der Waals surface area contributed by atoms with Crippen molar-refractivity contribution in [1.29, 1.82) is 0 Å². The lowest BCUT2D eigenvalue weighted by Crippen LogP contribution is -2.21. The summed E-state index contributed by atoms with van der Waals surface area (Å²) in [5, 5.41) is 4.39. The Morgan fingerprint density at radius 3 is 2.61 bits per heavy atom. The van der Waals surface area contributed by atoms with Gasteiger partial charge in [-0.3, -0.25) is 4.68 Å². The normalized spacial score (nSPS) is 12.2. The number of fused-ring (bicyclic) bond motifs is 1. The Kier molecular flexibility index (Phi) is 2.26. The average Bonchev–Trinajstić information content (AvgIpc) is 2.94. The van der Waals surface area contributed by atoms with Crippen molar-refractivity contribution in [3.63, 3.8) is 0 Å². The van der Waals surface area contributed by atoms with Crippen molar-refractivity contribution in [2.24, 2.45) is 0 Å². The van der Waals surface area contributed by atoms with Gasteiger partial charge in [0.15, 0.2) is 0 Å². The van der Waals surface area contributed by atoms with Gasteiger partial charge < -0.3 is 4.98 Å². The number of H-pyrrole nitrogens is 1. The Bertz CT molecular complexity index is 652. The van der Waals surface area contributed by atoms with E-state index in [1.54, 1.807) is 0 Å². The molecule has 0 amide bonds. The van der Waals surface area contributed by atoms with Gasteiger partial charge in [0, 0.05) is 6.20 Å². The average molecular weight is 240 g/mol. The van der Waals surface area contributed by atoms with Crippen molar-refractivity contribution >= 4 is 11.0 Å². The van der Waals surface area contributed by atoms with E-state index in [1.807, 2.05) is 41.3 Å². The molecule has 0 aliphatic heterocycles. The first-order valence-corrected chi connectivity index (χ1v) is 6.04. The lowest BCUT2D eigenvalue weighted by atomic mass is 10.1. The van der Waals surface area contributed by atoms with Crippen LogP contribution in [0.1, 0.15) is 20.8 Å². The SMILES string of the molecule is CC(C)(C)n1cc(-c2nc3ccccc3[nH]2)cn1. The number of para-hydroxylation sites is 2. The molecule has 92 valence electrons. The van der Waals surface area contributed by atoms with E-state index in [2.05, 4.69) is 35.8 Å². The van der Waals surface area contributed by atoms with Crippen molar-refractivity contribution < 1.29 is 0 Å². The number of benzene rings is 1. The molecule has 0 atom stereocenters. The Balaban J connectivity index is 2.06. The van der Waals surface area contributed by atoms with Gasteiger partial charge in [-0.2, -0.15) is 5.10 Å². The molecule has 0 aliphatic rings. The molecular weight excluding hydrogens is 224 g/mol. The highest BCUT2D eigenvalue weighted by molar-refractivity contribution is 5.78. The smallest absolute Gasteiger partial charge is 0.141 e. The van der Waals surface area contributed by atoms with Crippen molar-refractivity contribution in [3.05, 3.63) is 36.7 Å². The zero-order valence-electron chi connectivity index (χ0n) is 10.8. The maximum atomic E-state index is 4.57. The van der Waals surface area contributed by atoms with Gasteiger partial charge in [0.2, 0.25) is 0 Å². The zero-order chi connectivity index (χ0) is 12.8. The summed E-state index contributed by atoms with van der Waals surface area (Å²) < 4.78 is 1.95. The second kappa shape index (κ2) is 3.70. The molecule has 3 rings (SSSR count). The summed E-state index contributed by atoms with van der Waals surface area (Å²) in [6.45, 7) is 6.38. The Labute approximate surface area is 106 Å². The second-order valence-corrected chi connectivity index (χ2v) is 5.45. The topological polar surface area (TPSA) is 46.5 Å². The summed E-state index contributed by atoms with van der Waals surface area (Å²) in [5.41, 5.74) is 3.04. The van der Waals surface area contributed by atoms with Crippen molar-refractivity contribution in [2.45, 2.75) is 26.3 Å². The van der Waals surface area contributed by atoms with Crippen LogP contribution in [0.3, 0.4) is 0 Å². The molecule has 2 aromatic heterocycles. The molecule has 18 heavy (non-hydrogen) atoms. The van der Waals surface area contributed by atoms with Gasteiger partial charge in [-0.25, -0.2) is 4.98 Å². The third-order valence-electron chi connectivity index (χ3n) is 2.93. The van der Waals surface area contributed by atoms with Crippen LogP contribution in [0, 0.1) is 0 Å². The van der Waals surface area contributed by atoms with Gasteiger partial charge >= 0.3 is 0 Å². The lowest BCUT2D eigenvalue weighted by molar-refractivity contribution is 0.355. The van der Waals surface area contributed by atoms with E-state index >= 15 is 0 Å². The number of imidazole rings is 1. The summed E-state index contributed by atoms with van der Waals surface area (Å²) in [6.07, 6.45) is 3.88. The van der Waals surface area contributed by atoms with E-state index in [9.17, 15) is 0 Å². The Hall–Kier alpha value is -2.10. The van der Waals surface area contributed by atoms with Crippen LogP contribution in [0.15, 0.2) is 36.7 Å². The Morgan fingerprint density at radius 2 is 1.94 bits per heavy atom.